The average molecular weight is 537 g/mol. The number of anilines is 1. The third kappa shape index (κ3) is 4.39. The fourth-order valence-electron chi connectivity index (χ4n) is 5.05. The normalized spacial score (nSPS) is 17.9. The van der Waals surface area contributed by atoms with Crippen LogP contribution in [-0.2, 0) is 0 Å². The summed E-state index contributed by atoms with van der Waals surface area (Å²) in [5.74, 6) is -0.504. The van der Waals surface area contributed by atoms with Crippen molar-refractivity contribution < 1.29 is 9.50 Å². The van der Waals surface area contributed by atoms with Crippen molar-refractivity contribution >= 4 is 28.5 Å². The molecule has 1 saturated heterocycles. The largest absolute Gasteiger partial charge is 0.507 e. The molecule has 1 aliphatic rings. The second-order valence-corrected chi connectivity index (χ2v) is 10.6. The van der Waals surface area contributed by atoms with Crippen LogP contribution < -0.4 is 15.9 Å². The van der Waals surface area contributed by atoms with Gasteiger partial charge in [0.15, 0.2) is 5.65 Å². The van der Waals surface area contributed by atoms with Gasteiger partial charge in [0.2, 0.25) is 0 Å². The van der Waals surface area contributed by atoms with E-state index in [1.165, 1.54) is 22.8 Å². The summed E-state index contributed by atoms with van der Waals surface area (Å²) in [7, 11) is 0. The summed E-state index contributed by atoms with van der Waals surface area (Å²) >= 11 is 6.71. The third-order valence-electron chi connectivity index (χ3n) is 6.99. The topological polar surface area (TPSA) is 96.2 Å². The monoisotopic (exact) mass is 536 g/mol. The second-order valence-electron chi connectivity index (χ2n) is 10.2. The Hall–Kier alpha value is -3.56. The van der Waals surface area contributed by atoms with Crippen LogP contribution in [0.4, 0.5) is 10.2 Å². The molecule has 4 heterocycles. The Labute approximate surface area is 225 Å². The third-order valence-corrected chi connectivity index (χ3v) is 7.28. The van der Waals surface area contributed by atoms with Gasteiger partial charge in [0.05, 0.1) is 33.0 Å². The molecule has 0 saturated carbocycles. The van der Waals surface area contributed by atoms with E-state index in [4.69, 9.17) is 16.6 Å². The number of phenols is 1. The lowest BCUT2D eigenvalue weighted by molar-refractivity contribution is 0.423. The molecule has 1 fully saturated rings. The predicted molar refractivity (Wildman–Crippen MR) is 148 cm³/mol. The molecule has 3 aromatic heterocycles. The highest BCUT2D eigenvalue weighted by atomic mass is 35.5. The number of phenolic OH excluding ortho intramolecular Hbond substituents is 1. The number of rotatable bonds is 4. The predicted octanol–water partition coefficient (Wildman–Crippen LogP) is 4.96. The molecule has 5 rings (SSSR count). The van der Waals surface area contributed by atoms with Gasteiger partial charge in [0.1, 0.15) is 17.4 Å². The molecule has 1 unspecified atom stereocenters. The van der Waals surface area contributed by atoms with Crippen LogP contribution >= 0.6 is 11.6 Å². The Morgan fingerprint density at radius 1 is 1.21 bits per heavy atom. The standard InChI is InChI=1S/C28H30ClFN6O2/c1-14(2)23-25(15(3)9-10-31-23)36-27-18(26(34-28(36)38)35-13-16(4)32-12-17(35)5)11-19(29)24(33-27)22-20(30)7-6-8-21(22)37/h6-11,14,16-17,32,37H,12-13H2,1-5H3/t16?,17-/m0/s1. The van der Waals surface area contributed by atoms with E-state index in [0.29, 0.717) is 29.1 Å². The van der Waals surface area contributed by atoms with E-state index in [1.807, 2.05) is 26.8 Å². The maximum Gasteiger partial charge on any atom is 0.355 e. The van der Waals surface area contributed by atoms with Crippen molar-refractivity contribution in [3.8, 4) is 22.7 Å². The number of halogens is 2. The molecule has 1 aromatic carbocycles. The fraction of sp³-hybridized carbons (Fsp3) is 0.357. The maximum absolute atomic E-state index is 15.0. The van der Waals surface area contributed by atoms with Gasteiger partial charge < -0.3 is 15.3 Å². The molecule has 2 N–H and O–H groups in total. The number of benzene rings is 1. The Kier molecular flexibility index (Phi) is 6.83. The summed E-state index contributed by atoms with van der Waals surface area (Å²) in [5, 5.41) is 14.6. The molecule has 38 heavy (non-hydrogen) atoms. The first-order valence-corrected chi connectivity index (χ1v) is 13.0. The van der Waals surface area contributed by atoms with Gasteiger partial charge in [-0.2, -0.15) is 4.98 Å². The van der Waals surface area contributed by atoms with E-state index in [9.17, 15) is 14.3 Å². The first-order valence-electron chi connectivity index (χ1n) is 12.7. The molecular formula is C28H30ClFN6O2. The number of nitrogens with zero attached hydrogens (tertiary/aromatic N) is 5. The Bertz CT molecular complexity index is 1580. The van der Waals surface area contributed by atoms with E-state index >= 15 is 0 Å². The van der Waals surface area contributed by atoms with Crippen molar-refractivity contribution in [2.24, 2.45) is 0 Å². The van der Waals surface area contributed by atoms with Gasteiger partial charge >= 0.3 is 5.69 Å². The molecule has 0 bridgehead atoms. The number of fused-ring (bicyclic) bond motifs is 1. The summed E-state index contributed by atoms with van der Waals surface area (Å²) < 4.78 is 16.4. The summed E-state index contributed by atoms with van der Waals surface area (Å²) in [4.78, 5) is 29.8. The number of hydrogen-bond donors (Lipinski definition) is 2. The van der Waals surface area contributed by atoms with Gasteiger partial charge in [0, 0.05) is 31.4 Å². The molecule has 2 atom stereocenters. The number of hydrogen-bond acceptors (Lipinski definition) is 7. The van der Waals surface area contributed by atoms with Crippen LogP contribution in [0.25, 0.3) is 28.0 Å². The molecule has 0 amide bonds. The molecule has 0 spiro atoms. The summed E-state index contributed by atoms with van der Waals surface area (Å²) in [6, 6.07) is 7.72. The molecule has 198 valence electrons. The van der Waals surface area contributed by atoms with Crippen LogP contribution in [0.1, 0.15) is 44.9 Å². The van der Waals surface area contributed by atoms with Gasteiger partial charge in [-0.3, -0.25) is 4.98 Å². The average Bonchev–Trinajstić information content (AvgIpc) is 2.86. The smallest absolute Gasteiger partial charge is 0.355 e. The van der Waals surface area contributed by atoms with Crippen LogP contribution in [0.3, 0.4) is 0 Å². The number of pyridine rings is 2. The molecule has 10 heteroatoms. The number of nitrogens with one attached hydrogen (secondary N) is 1. The van der Waals surface area contributed by atoms with Crippen molar-refractivity contribution in [1.29, 1.82) is 0 Å². The van der Waals surface area contributed by atoms with E-state index in [-0.39, 0.29) is 45.7 Å². The Balaban J connectivity index is 1.92. The van der Waals surface area contributed by atoms with Crippen molar-refractivity contribution in [3.63, 3.8) is 0 Å². The van der Waals surface area contributed by atoms with Gasteiger partial charge in [-0.1, -0.05) is 31.5 Å². The fourth-order valence-corrected chi connectivity index (χ4v) is 5.30. The van der Waals surface area contributed by atoms with Crippen molar-refractivity contribution in [2.75, 3.05) is 18.0 Å². The summed E-state index contributed by atoms with van der Waals surface area (Å²) in [5.41, 5.74) is 1.75. The quantitative estimate of drug-likeness (QED) is 0.380. The zero-order valence-electron chi connectivity index (χ0n) is 22.0. The van der Waals surface area contributed by atoms with Gasteiger partial charge in [-0.05, 0) is 56.5 Å². The van der Waals surface area contributed by atoms with Crippen LogP contribution in [-0.4, -0.2) is 49.8 Å². The SMILES string of the molecule is Cc1ccnc(C(C)C)c1-n1c(=O)nc(N2CC(C)NC[C@@H]2C)c2cc(Cl)c(-c3c(O)cccc3F)nc21. The number of aromatic hydroxyl groups is 1. The van der Waals surface area contributed by atoms with Crippen molar-refractivity contribution in [3.05, 3.63) is 69.1 Å². The van der Waals surface area contributed by atoms with E-state index in [1.54, 1.807) is 12.3 Å². The molecular weight excluding hydrogens is 507 g/mol. The van der Waals surface area contributed by atoms with E-state index in [2.05, 4.69) is 34.0 Å². The van der Waals surface area contributed by atoms with Crippen molar-refractivity contribution in [2.45, 2.75) is 52.6 Å². The Morgan fingerprint density at radius 2 is 1.97 bits per heavy atom. The van der Waals surface area contributed by atoms with Gasteiger partial charge in [-0.25, -0.2) is 18.7 Å². The van der Waals surface area contributed by atoms with Crippen molar-refractivity contribution in [1.82, 2.24) is 24.8 Å². The lowest BCUT2D eigenvalue weighted by Crippen LogP contribution is -2.55. The van der Waals surface area contributed by atoms with Gasteiger partial charge in [0.25, 0.3) is 0 Å². The Morgan fingerprint density at radius 3 is 2.68 bits per heavy atom. The molecule has 0 radical (unpaired) electrons. The van der Waals surface area contributed by atoms with Gasteiger partial charge in [-0.15, -0.1) is 0 Å². The maximum atomic E-state index is 15.0. The van der Waals surface area contributed by atoms with Crippen LogP contribution in [0.5, 0.6) is 5.75 Å². The summed E-state index contributed by atoms with van der Waals surface area (Å²) in [6.45, 7) is 11.4. The zero-order valence-corrected chi connectivity index (χ0v) is 22.7. The molecule has 4 aromatic rings. The van der Waals surface area contributed by atoms with E-state index < -0.39 is 11.5 Å². The lowest BCUT2D eigenvalue weighted by Gasteiger charge is -2.38. The molecule has 1 aliphatic heterocycles. The minimum absolute atomic E-state index is 0.00273. The minimum Gasteiger partial charge on any atom is -0.507 e. The molecule has 8 nitrogen and oxygen atoms in total. The number of aromatic nitrogens is 4. The zero-order chi connectivity index (χ0) is 27.3. The summed E-state index contributed by atoms with van der Waals surface area (Å²) in [6.07, 6.45) is 1.71. The number of aryl methyl sites for hydroxylation is 1. The van der Waals surface area contributed by atoms with Crippen LogP contribution in [0.2, 0.25) is 5.02 Å². The van der Waals surface area contributed by atoms with Crippen LogP contribution in [0.15, 0.2) is 41.3 Å². The number of piperazine rings is 1. The highest BCUT2D eigenvalue weighted by Crippen LogP contribution is 2.39. The second kappa shape index (κ2) is 9.96. The molecule has 0 aliphatic carbocycles. The highest BCUT2D eigenvalue weighted by Gasteiger charge is 2.29. The van der Waals surface area contributed by atoms with Crippen LogP contribution in [0, 0.1) is 12.7 Å². The minimum atomic E-state index is -0.674. The first kappa shape index (κ1) is 26.1. The lowest BCUT2D eigenvalue weighted by atomic mass is 10.0. The highest BCUT2D eigenvalue weighted by molar-refractivity contribution is 6.34. The van der Waals surface area contributed by atoms with E-state index in [0.717, 1.165) is 12.1 Å². The first-order chi connectivity index (χ1) is 18.1.